The third-order valence-corrected chi connectivity index (χ3v) is 4.82. The van der Waals surface area contributed by atoms with Crippen molar-refractivity contribution in [2.75, 3.05) is 5.75 Å². The van der Waals surface area contributed by atoms with Crippen LogP contribution in [0.15, 0.2) is 0 Å². The molecule has 0 aromatic heterocycles. The van der Waals surface area contributed by atoms with Gasteiger partial charge in [-0.3, -0.25) is 4.79 Å². The van der Waals surface area contributed by atoms with Gasteiger partial charge in [-0.15, -0.1) is 0 Å². The van der Waals surface area contributed by atoms with E-state index in [0.29, 0.717) is 11.7 Å². The van der Waals surface area contributed by atoms with Crippen molar-refractivity contribution in [1.82, 2.24) is 0 Å². The van der Waals surface area contributed by atoms with Crippen molar-refractivity contribution < 1.29 is 66.1 Å². The fraction of sp³-hybridized carbons (Fsp3) is 0.750. The Morgan fingerprint density at radius 2 is 2.14 bits per heavy atom. The van der Waals surface area contributed by atoms with Gasteiger partial charge in [-0.05, 0) is 12.8 Å². The Morgan fingerprint density at radius 3 is 2.64 bits per heavy atom. The zero-order valence-electron chi connectivity index (χ0n) is 8.15. The minimum absolute atomic E-state index is 0. The summed E-state index contributed by atoms with van der Waals surface area (Å²) < 4.78 is 0. The zero-order chi connectivity index (χ0) is 9.68. The summed E-state index contributed by atoms with van der Waals surface area (Å²) in [5, 5.41) is 10.6. The Morgan fingerprint density at radius 1 is 1.43 bits per heavy atom. The number of carbonyl (C=O) groups excluding carboxylic acids is 2. The van der Waals surface area contributed by atoms with Crippen molar-refractivity contribution in [3.63, 3.8) is 0 Å². The molecule has 3 nitrogen and oxygen atoms in total. The maximum absolute atomic E-state index is 11.0. The molecule has 0 aliphatic carbocycles. The molecule has 0 amide bonds. The summed E-state index contributed by atoms with van der Waals surface area (Å²) in [6.45, 7) is 0. The van der Waals surface area contributed by atoms with Gasteiger partial charge in [-0.2, -0.15) is 0 Å². The minimum Gasteiger partial charge on any atom is -0.550 e. The number of ketones is 1. The van der Waals surface area contributed by atoms with Gasteiger partial charge in [-0.1, -0.05) is 21.6 Å². The Labute approximate surface area is 134 Å². The fourth-order valence-corrected chi connectivity index (χ4v) is 4.11. The molecule has 0 spiro atoms. The molecule has 0 aromatic rings. The van der Waals surface area contributed by atoms with Crippen LogP contribution in [0.5, 0.6) is 0 Å². The molecule has 1 atom stereocenters. The van der Waals surface area contributed by atoms with E-state index in [1.807, 2.05) is 10.8 Å². The van der Waals surface area contributed by atoms with Crippen LogP contribution in [0, 0.1) is 0 Å². The van der Waals surface area contributed by atoms with Crippen LogP contribution in [0.3, 0.4) is 0 Å². The maximum Gasteiger partial charge on any atom is 1.00 e. The van der Waals surface area contributed by atoms with E-state index >= 15 is 0 Å². The average Bonchev–Trinajstić information content (AvgIpc) is 2.51. The third-order valence-electron chi connectivity index (χ3n) is 1.81. The average molecular weight is 258 g/mol. The first kappa shape index (κ1) is 15.5. The molecule has 74 valence electrons. The molecular weight excluding hydrogens is 247 g/mol. The molecule has 1 rings (SSSR count). The second-order valence-electron chi connectivity index (χ2n) is 2.96. The maximum atomic E-state index is 11.0. The zero-order valence-corrected chi connectivity index (χ0v) is 12.9. The van der Waals surface area contributed by atoms with Gasteiger partial charge in [0.2, 0.25) is 0 Å². The van der Waals surface area contributed by atoms with Crippen molar-refractivity contribution in [3.8, 4) is 0 Å². The molecule has 6 heteroatoms. The van der Waals surface area contributed by atoms with E-state index in [1.54, 1.807) is 10.8 Å². The Hall–Kier alpha value is 1.48. The molecular formula is C8H11KO3S2. The van der Waals surface area contributed by atoms with E-state index in [-0.39, 0.29) is 57.2 Å². The minimum atomic E-state index is -1.27. The summed E-state index contributed by atoms with van der Waals surface area (Å²) in [5.41, 5.74) is 0. The molecule has 14 heavy (non-hydrogen) atoms. The third kappa shape index (κ3) is 6.87. The van der Waals surface area contributed by atoms with Gasteiger partial charge in [0.1, 0.15) is 5.78 Å². The smallest absolute Gasteiger partial charge is 0.550 e. The molecule has 1 heterocycles. The van der Waals surface area contributed by atoms with Gasteiger partial charge in [0, 0.05) is 29.8 Å². The molecule has 0 radical (unpaired) electrons. The monoisotopic (exact) mass is 258 g/mol. The van der Waals surface area contributed by atoms with Gasteiger partial charge >= 0.3 is 51.4 Å². The van der Waals surface area contributed by atoms with Crippen LogP contribution in [0.1, 0.15) is 25.7 Å². The van der Waals surface area contributed by atoms with E-state index in [4.69, 9.17) is 0 Å². The Kier molecular flexibility index (Phi) is 9.52. The molecule has 1 unspecified atom stereocenters. The van der Waals surface area contributed by atoms with Crippen molar-refractivity contribution in [1.29, 1.82) is 0 Å². The Bertz CT molecular complexity index is 205. The molecule has 0 aromatic carbocycles. The van der Waals surface area contributed by atoms with Crippen LogP contribution in [0.25, 0.3) is 0 Å². The first-order valence-electron chi connectivity index (χ1n) is 4.18. The quantitative estimate of drug-likeness (QED) is 0.313. The molecule has 0 N–H and O–H groups in total. The van der Waals surface area contributed by atoms with Crippen molar-refractivity contribution in [3.05, 3.63) is 0 Å². The summed E-state index contributed by atoms with van der Waals surface area (Å²) in [4.78, 5) is 21.0. The fourth-order valence-electron chi connectivity index (χ4n) is 1.14. The molecule has 0 bridgehead atoms. The van der Waals surface area contributed by atoms with Gasteiger partial charge in [0.15, 0.2) is 0 Å². The van der Waals surface area contributed by atoms with Crippen LogP contribution >= 0.6 is 21.6 Å². The SMILES string of the molecule is O=C([O-])CC(=O)CCC1CCSS1.[K+]. The normalized spacial score (nSPS) is 20.1. The standard InChI is InChI=1S/C8H12O3S2.K/c9-6(5-8(10)11)1-2-7-3-4-12-13-7;/h7H,1-5H2,(H,10,11);/q;+1/p-1. The summed E-state index contributed by atoms with van der Waals surface area (Å²) in [5.74, 6) is -0.333. The van der Waals surface area contributed by atoms with Gasteiger partial charge in [-0.25, -0.2) is 0 Å². The number of carboxylic acids is 1. The number of aliphatic carboxylic acids is 1. The van der Waals surface area contributed by atoms with Crippen LogP contribution in [0.2, 0.25) is 0 Å². The number of hydrogen-bond acceptors (Lipinski definition) is 5. The number of rotatable bonds is 5. The van der Waals surface area contributed by atoms with E-state index in [9.17, 15) is 14.7 Å². The van der Waals surface area contributed by atoms with Crippen molar-refractivity contribution >= 4 is 33.3 Å². The van der Waals surface area contributed by atoms with Crippen molar-refractivity contribution in [2.45, 2.75) is 30.9 Å². The summed E-state index contributed by atoms with van der Waals surface area (Å²) in [6, 6.07) is 0. The van der Waals surface area contributed by atoms with Crippen LogP contribution in [-0.2, 0) is 9.59 Å². The molecule has 1 aliphatic heterocycles. The second-order valence-corrected chi connectivity index (χ2v) is 5.74. The number of carbonyl (C=O) groups is 2. The molecule has 1 saturated heterocycles. The van der Waals surface area contributed by atoms with Crippen molar-refractivity contribution in [2.24, 2.45) is 0 Å². The number of carboxylic acid groups (broad SMARTS) is 1. The topological polar surface area (TPSA) is 57.2 Å². The van der Waals surface area contributed by atoms with Crippen LogP contribution in [-0.4, -0.2) is 22.8 Å². The van der Waals surface area contributed by atoms with Crippen LogP contribution < -0.4 is 56.5 Å². The largest absolute Gasteiger partial charge is 1.00 e. The first-order valence-corrected chi connectivity index (χ1v) is 6.56. The number of hydrogen-bond donors (Lipinski definition) is 0. The van der Waals surface area contributed by atoms with Gasteiger partial charge in [0.25, 0.3) is 0 Å². The van der Waals surface area contributed by atoms with E-state index in [2.05, 4.69) is 0 Å². The van der Waals surface area contributed by atoms with Crippen LogP contribution in [0.4, 0.5) is 0 Å². The summed E-state index contributed by atoms with van der Waals surface area (Å²) in [6.07, 6.45) is 1.90. The van der Waals surface area contributed by atoms with E-state index < -0.39 is 12.4 Å². The summed E-state index contributed by atoms with van der Waals surface area (Å²) in [7, 11) is 3.63. The first-order chi connectivity index (χ1) is 6.18. The predicted octanol–water partition coefficient (Wildman–Crippen LogP) is -2.37. The molecule has 1 aliphatic rings. The molecule has 0 saturated carbocycles. The van der Waals surface area contributed by atoms with E-state index in [1.165, 1.54) is 0 Å². The van der Waals surface area contributed by atoms with Gasteiger partial charge < -0.3 is 9.90 Å². The van der Waals surface area contributed by atoms with Gasteiger partial charge in [0.05, 0.1) is 0 Å². The predicted molar refractivity (Wildman–Crippen MR) is 52.3 cm³/mol. The number of Topliss-reactive ketones (excluding diaryl/α,β-unsaturated/α-hetero) is 1. The van der Waals surface area contributed by atoms with E-state index in [0.717, 1.165) is 18.6 Å². The Balaban J connectivity index is 0.00000169. The second kappa shape index (κ2) is 8.61. The summed E-state index contributed by atoms with van der Waals surface area (Å²) >= 11 is 0. The molecule has 1 fully saturated rings.